The van der Waals surface area contributed by atoms with Gasteiger partial charge in [0.1, 0.15) is 0 Å². The van der Waals surface area contributed by atoms with E-state index in [1.807, 2.05) is 42.5 Å². The monoisotopic (exact) mass is 400 g/mol. The van der Waals surface area contributed by atoms with Crippen molar-refractivity contribution in [3.8, 4) is 11.8 Å². The molecule has 0 radical (unpaired) electrons. The van der Waals surface area contributed by atoms with Gasteiger partial charge in [-0.25, -0.2) is 0 Å². The van der Waals surface area contributed by atoms with Crippen molar-refractivity contribution in [2.24, 2.45) is 0 Å². The van der Waals surface area contributed by atoms with Gasteiger partial charge in [0.2, 0.25) is 0 Å². The van der Waals surface area contributed by atoms with Crippen LogP contribution in [0.2, 0.25) is 5.02 Å². The molecule has 0 unspecified atom stereocenters. The number of aliphatic hydroxyl groups excluding tert-OH is 3. The zero-order valence-electron chi connectivity index (χ0n) is 15.6. The first kappa shape index (κ1) is 20.9. The van der Waals surface area contributed by atoms with Crippen LogP contribution in [0.25, 0.3) is 0 Å². The Balaban J connectivity index is 1.74. The summed E-state index contributed by atoms with van der Waals surface area (Å²) in [4.78, 5) is 0. The molecule has 1 aliphatic rings. The van der Waals surface area contributed by atoms with Crippen molar-refractivity contribution in [2.45, 2.75) is 44.0 Å². The van der Waals surface area contributed by atoms with E-state index in [0.29, 0.717) is 30.7 Å². The summed E-state index contributed by atoms with van der Waals surface area (Å²) < 4.78 is 5.91. The van der Waals surface area contributed by atoms with Gasteiger partial charge in [-0.1, -0.05) is 47.7 Å². The summed E-state index contributed by atoms with van der Waals surface area (Å²) in [6.45, 7) is -0.0255. The number of ether oxygens (including phenoxy) is 1. The minimum absolute atomic E-state index is 0.0701. The molecule has 0 spiro atoms. The molecule has 0 bridgehead atoms. The highest BCUT2D eigenvalue weighted by Crippen LogP contribution is 2.33. The summed E-state index contributed by atoms with van der Waals surface area (Å²) in [5, 5.41) is 28.9. The van der Waals surface area contributed by atoms with Gasteiger partial charge >= 0.3 is 0 Å². The minimum Gasteiger partial charge on any atom is -0.395 e. The Hall–Kier alpha value is -1.87. The number of halogens is 1. The Morgan fingerprint density at radius 3 is 2.57 bits per heavy atom. The van der Waals surface area contributed by atoms with Crippen LogP contribution in [0.4, 0.5) is 0 Å². The molecule has 0 saturated carbocycles. The lowest BCUT2D eigenvalue weighted by Crippen LogP contribution is -2.33. The molecule has 3 rings (SSSR count). The SMILES string of the molecule is OCCC#Cc1ccc(Cc2cc([C@H]3C[C@@H](O)C[C@@H](CO)O3)ccc2Cl)cc1. The maximum atomic E-state index is 10.1. The van der Waals surface area contributed by atoms with Gasteiger partial charge in [-0.15, -0.1) is 0 Å². The summed E-state index contributed by atoms with van der Waals surface area (Å²) >= 11 is 6.41. The van der Waals surface area contributed by atoms with Crippen LogP contribution >= 0.6 is 11.6 Å². The van der Waals surface area contributed by atoms with Crippen LogP contribution in [0.1, 0.15) is 47.6 Å². The van der Waals surface area contributed by atoms with E-state index in [0.717, 1.165) is 22.3 Å². The lowest BCUT2D eigenvalue weighted by atomic mass is 9.94. The average Bonchev–Trinajstić information content (AvgIpc) is 2.70. The predicted molar refractivity (Wildman–Crippen MR) is 109 cm³/mol. The predicted octanol–water partition coefficient (Wildman–Crippen LogP) is 3.24. The van der Waals surface area contributed by atoms with Crippen LogP contribution in [0.15, 0.2) is 42.5 Å². The first-order chi connectivity index (χ1) is 13.6. The molecule has 1 fully saturated rings. The summed E-state index contributed by atoms with van der Waals surface area (Å²) in [5.74, 6) is 5.93. The van der Waals surface area contributed by atoms with E-state index >= 15 is 0 Å². The smallest absolute Gasteiger partial charge is 0.0854 e. The summed E-state index contributed by atoms with van der Waals surface area (Å²) in [5.41, 5.74) is 3.98. The molecule has 3 N–H and O–H groups in total. The summed E-state index contributed by atoms with van der Waals surface area (Å²) in [7, 11) is 0. The molecule has 1 heterocycles. The molecule has 148 valence electrons. The van der Waals surface area contributed by atoms with Crippen molar-refractivity contribution in [2.75, 3.05) is 13.2 Å². The highest BCUT2D eigenvalue weighted by molar-refractivity contribution is 6.31. The zero-order chi connectivity index (χ0) is 19.9. The number of rotatable bonds is 5. The lowest BCUT2D eigenvalue weighted by molar-refractivity contribution is -0.113. The lowest BCUT2D eigenvalue weighted by Gasteiger charge is -2.32. The van der Waals surface area contributed by atoms with E-state index in [2.05, 4.69) is 11.8 Å². The molecular formula is C23H25ClO4. The number of aliphatic hydroxyl groups is 3. The van der Waals surface area contributed by atoms with Gasteiger partial charge in [0.15, 0.2) is 0 Å². The third kappa shape index (κ3) is 5.57. The molecule has 2 aromatic rings. The summed E-state index contributed by atoms with van der Waals surface area (Å²) in [6.07, 6.45) is 1.05. The largest absolute Gasteiger partial charge is 0.395 e. The van der Waals surface area contributed by atoms with Crippen LogP contribution in [-0.2, 0) is 11.2 Å². The number of hydrogen-bond acceptors (Lipinski definition) is 4. The van der Waals surface area contributed by atoms with Crippen molar-refractivity contribution in [1.29, 1.82) is 0 Å². The molecular weight excluding hydrogens is 376 g/mol. The molecule has 4 nitrogen and oxygen atoms in total. The summed E-state index contributed by atoms with van der Waals surface area (Å²) in [6, 6.07) is 13.8. The van der Waals surface area contributed by atoms with E-state index in [9.17, 15) is 10.2 Å². The van der Waals surface area contributed by atoms with Crippen LogP contribution < -0.4 is 0 Å². The van der Waals surface area contributed by atoms with Crippen molar-refractivity contribution in [3.63, 3.8) is 0 Å². The van der Waals surface area contributed by atoms with Crippen molar-refractivity contribution < 1.29 is 20.1 Å². The van der Waals surface area contributed by atoms with E-state index in [1.54, 1.807) is 0 Å². The highest BCUT2D eigenvalue weighted by atomic mass is 35.5. The quantitative estimate of drug-likeness (QED) is 0.674. The van der Waals surface area contributed by atoms with Gasteiger partial charge in [-0.05, 0) is 41.3 Å². The normalized spacial score (nSPS) is 21.8. The second-order valence-corrected chi connectivity index (χ2v) is 7.46. The Bertz CT molecular complexity index is 838. The third-order valence-corrected chi connectivity index (χ3v) is 5.21. The molecule has 0 aliphatic carbocycles. The van der Waals surface area contributed by atoms with Gasteiger partial charge < -0.3 is 20.1 Å². The first-order valence-corrected chi connectivity index (χ1v) is 9.88. The second-order valence-electron chi connectivity index (χ2n) is 7.05. The van der Waals surface area contributed by atoms with Crippen molar-refractivity contribution in [3.05, 3.63) is 69.7 Å². The molecule has 5 heteroatoms. The first-order valence-electron chi connectivity index (χ1n) is 9.50. The molecule has 1 saturated heterocycles. The fraction of sp³-hybridized carbons (Fsp3) is 0.391. The van der Waals surface area contributed by atoms with E-state index < -0.39 is 6.10 Å². The molecule has 2 aromatic carbocycles. The second kappa shape index (κ2) is 10.1. The fourth-order valence-corrected chi connectivity index (χ4v) is 3.58. The van der Waals surface area contributed by atoms with Gasteiger partial charge in [0.05, 0.1) is 31.5 Å². The van der Waals surface area contributed by atoms with Gasteiger partial charge in [0.25, 0.3) is 0 Å². The van der Waals surface area contributed by atoms with E-state index in [1.165, 1.54) is 0 Å². The molecule has 0 aromatic heterocycles. The third-order valence-electron chi connectivity index (χ3n) is 4.84. The Kier molecular flexibility index (Phi) is 7.50. The van der Waals surface area contributed by atoms with Crippen LogP contribution in [0, 0.1) is 11.8 Å². The molecule has 28 heavy (non-hydrogen) atoms. The standard InChI is InChI=1S/C23H25ClO4/c24-22-9-8-18(23-14-20(27)13-21(15-26)28-23)12-19(22)11-17-6-4-16(5-7-17)3-1-2-10-25/h4-9,12,20-21,23,25-27H,2,10-11,13-15H2/t20-,21-,23+/m0/s1. The molecule has 0 amide bonds. The minimum atomic E-state index is -0.477. The fourth-order valence-electron chi connectivity index (χ4n) is 3.40. The van der Waals surface area contributed by atoms with Crippen LogP contribution in [-0.4, -0.2) is 40.7 Å². The number of benzene rings is 2. The van der Waals surface area contributed by atoms with Gasteiger partial charge in [-0.3, -0.25) is 0 Å². The topological polar surface area (TPSA) is 69.9 Å². The average molecular weight is 401 g/mol. The Morgan fingerprint density at radius 1 is 1.07 bits per heavy atom. The molecule has 1 aliphatic heterocycles. The van der Waals surface area contributed by atoms with E-state index in [-0.39, 0.29) is 25.4 Å². The Morgan fingerprint density at radius 2 is 1.86 bits per heavy atom. The highest BCUT2D eigenvalue weighted by Gasteiger charge is 2.29. The van der Waals surface area contributed by atoms with Gasteiger partial charge in [-0.2, -0.15) is 0 Å². The van der Waals surface area contributed by atoms with Crippen LogP contribution in [0.3, 0.4) is 0 Å². The van der Waals surface area contributed by atoms with Gasteiger partial charge in [0, 0.05) is 29.8 Å². The zero-order valence-corrected chi connectivity index (χ0v) is 16.4. The van der Waals surface area contributed by atoms with E-state index in [4.69, 9.17) is 21.4 Å². The van der Waals surface area contributed by atoms with Crippen molar-refractivity contribution >= 4 is 11.6 Å². The van der Waals surface area contributed by atoms with Crippen molar-refractivity contribution in [1.82, 2.24) is 0 Å². The maximum absolute atomic E-state index is 10.1. The Labute approximate surface area is 170 Å². The maximum Gasteiger partial charge on any atom is 0.0854 e. The molecule has 3 atom stereocenters. The number of hydrogen-bond donors (Lipinski definition) is 3. The van der Waals surface area contributed by atoms with Crippen LogP contribution in [0.5, 0.6) is 0 Å².